The molecule has 0 aromatic heterocycles. The number of rotatable bonds is 2. The van der Waals surface area contributed by atoms with Crippen molar-refractivity contribution in [1.29, 1.82) is 0 Å². The Labute approximate surface area is 60.3 Å². The van der Waals surface area contributed by atoms with E-state index < -0.39 is 5.30 Å². The predicted octanol–water partition coefficient (Wildman–Crippen LogP) is 2.63. The predicted molar refractivity (Wildman–Crippen MR) is 38.1 cm³/mol. The second kappa shape index (κ2) is 4.32. The van der Waals surface area contributed by atoms with Gasteiger partial charge in [0.15, 0.2) is 0 Å². The first kappa shape index (κ1) is 8.43. The first-order valence-electron chi connectivity index (χ1n) is 2.70. The second-order valence-corrected chi connectivity index (χ2v) is 2.02. The monoisotopic (exact) mass is 145 g/mol. The van der Waals surface area contributed by atoms with Crippen LogP contribution in [-0.2, 0) is 4.74 Å². The lowest BCUT2D eigenvalue weighted by Gasteiger charge is -1.92. The van der Waals surface area contributed by atoms with Crippen LogP contribution in [0, 0.1) is 0 Å². The summed E-state index contributed by atoms with van der Waals surface area (Å²) < 4.78 is 4.41. The number of ether oxygens (including phenoxy) is 1. The maximum absolute atomic E-state index is 10.0. The summed E-state index contributed by atoms with van der Waals surface area (Å²) in [5, 5.41) is -0.678. The summed E-state index contributed by atoms with van der Waals surface area (Å²) in [5.74, 6) is 0. The zero-order valence-electron chi connectivity index (χ0n) is 5.51. The molecule has 3 heteroatoms. The van der Waals surface area contributed by atoms with E-state index in [9.17, 15) is 4.79 Å². The lowest BCUT2D eigenvalue weighted by Crippen LogP contribution is -1.84. The van der Waals surface area contributed by atoms with E-state index >= 15 is 0 Å². The topological polar surface area (TPSA) is 26.3 Å². The molecule has 0 spiro atoms. The number of allylic oxidation sites excluding steroid dienone is 1. The molecule has 0 saturated heterocycles. The molecule has 0 saturated carbocycles. The van der Waals surface area contributed by atoms with E-state index in [2.05, 4.69) is 17.4 Å². The number of carbonyl (C=O) groups excluding carboxylic acids is 1. The van der Waals surface area contributed by atoms with E-state index in [0.29, 0.717) is 0 Å². The normalized spacial score (nSPS) is 11.1. The minimum absolute atomic E-state index is 0.678. The maximum atomic E-state index is 10.0. The highest BCUT2D eigenvalue weighted by molar-refractivity contribution is 7.96. The molecule has 0 aromatic carbocycles. The molecule has 51 valence electrons. The Morgan fingerprint density at radius 2 is 2.33 bits per heavy atom. The molecule has 0 bridgehead atoms. The van der Waals surface area contributed by atoms with Gasteiger partial charge in [-0.15, -0.1) is 0 Å². The van der Waals surface area contributed by atoms with Gasteiger partial charge in [-0.3, -0.25) is 0 Å². The van der Waals surface area contributed by atoms with Gasteiger partial charge in [0, 0.05) is 12.6 Å². The Morgan fingerprint density at radius 3 is 2.67 bits per heavy atom. The molecule has 9 heavy (non-hydrogen) atoms. The molecule has 0 atom stereocenters. The smallest absolute Gasteiger partial charge is 0.404 e. The Kier molecular flexibility index (Phi) is 4.05. The standard InChI is InChI=1S/C6H9O2S/c1-3-5(2)4-8-6(7)9/h4H,3H2,1-2H3. The van der Waals surface area contributed by atoms with Gasteiger partial charge < -0.3 is 4.74 Å². The Hall–Kier alpha value is -0.570. The molecule has 1 radical (unpaired) electrons. The van der Waals surface area contributed by atoms with E-state index in [1.807, 2.05) is 13.8 Å². The van der Waals surface area contributed by atoms with Crippen molar-refractivity contribution in [3.8, 4) is 0 Å². The minimum atomic E-state index is -0.678. The fourth-order valence-electron chi connectivity index (χ4n) is 0.232. The van der Waals surface area contributed by atoms with Gasteiger partial charge in [0.2, 0.25) is 0 Å². The molecule has 0 unspecified atom stereocenters. The Bertz CT molecular complexity index is 129. The highest BCUT2D eigenvalue weighted by Crippen LogP contribution is 1.98. The first-order valence-corrected chi connectivity index (χ1v) is 3.11. The van der Waals surface area contributed by atoms with E-state index in [-0.39, 0.29) is 0 Å². The van der Waals surface area contributed by atoms with Crippen molar-refractivity contribution in [2.45, 2.75) is 20.3 Å². The average molecular weight is 145 g/mol. The van der Waals surface area contributed by atoms with E-state index in [1.54, 1.807) is 0 Å². The van der Waals surface area contributed by atoms with Crippen LogP contribution in [0.4, 0.5) is 4.79 Å². The summed E-state index contributed by atoms with van der Waals surface area (Å²) in [6, 6.07) is 0. The number of carbonyl (C=O) groups is 1. The van der Waals surface area contributed by atoms with Gasteiger partial charge in [-0.05, 0) is 18.9 Å². The third kappa shape index (κ3) is 5.30. The van der Waals surface area contributed by atoms with Crippen molar-refractivity contribution in [3.05, 3.63) is 11.8 Å². The van der Waals surface area contributed by atoms with Crippen molar-refractivity contribution in [2.24, 2.45) is 0 Å². The number of hydrogen-bond acceptors (Lipinski definition) is 2. The van der Waals surface area contributed by atoms with Crippen molar-refractivity contribution in [1.82, 2.24) is 0 Å². The zero-order valence-corrected chi connectivity index (χ0v) is 6.33. The molecule has 0 amide bonds. The Balaban J connectivity index is 3.56. The van der Waals surface area contributed by atoms with Crippen LogP contribution in [0.3, 0.4) is 0 Å². The van der Waals surface area contributed by atoms with Crippen LogP contribution in [0.25, 0.3) is 0 Å². The highest BCUT2D eigenvalue weighted by atomic mass is 32.1. The fraction of sp³-hybridized carbons (Fsp3) is 0.500. The Morgan fingerprint density at radius 1 is 1.78 bits per heavy atom. The average Bonchev–Trinajstić information content (AvgIpc) is 1.83. The van der Waals surface area contributed by atoms with Crippen LogP contribution in [0.15, 0.2) is 11.8 Å². The van der Waals surface area contributed by atoms with Crippen LogP contribution >= 0.6 is 12.6 Å². The van der Waals surface area contributed by atoms with Gasteiger partial charge in [-0.1, -0.05) is 6.92 Å². The lowest BCUT2D eigenvalue weighted by atomic mass is 10.3. The summed E-state index contributed by atoms with van der Waals surface area (Å²) in [4.78, 5) is 10.0. The van der Waals surface area contributed by atoms with Gasteiger partial charge in [-0.25, -0.2) is 4.79 Å². The highest BCUT2D eigenvalue weighted by Gasteiger charge is 1.90. The molecule has 2 nitrogen and oxygen atoms in total. The third-order valence-corrected chi connectivity index (χ3v) is 1.01. The van der Waals surface area contributed by atoms with Crippen molar-refractivity contribution >= 4 is 17.9 Å². The summed E-state index contributed by atoms with van der Waals surface area (Å²) in [5.41, 5.74) is 1.01. The quantitative estimate of drug-likeness (QED) is 0.441. The molecule has 0 aliphatic carbocycles. The molecule has 0 rings (SSSR count). The van der Waals surface area contributed by atoms with E-state index in [4.69, 9.17) is 0 Å². The van der Waals surface area contributed by atoms with Gasteiger partial charge in [-0.2, -0.15) is 0 Å². The van der Waals surface area contributed by atoms with Crippen LogP contribution < -0.4 is 0 Å². The van der Waals surface area contributed by atoms with E-state index in [1.165, 1.54) is 6.26 Å². The third-order valence-electron chi connectivity index (χ3n) is 0.914. The van der Waals surface area contributed by atoms with Crippen LogP contribution in [0.5, 0.6) is 0 Å². The molecular weight excluding hydrogens is 136 g/mol. The summed E-state index contributed by atoms with van der Waals surface area (Å²) in [6.07, 6.45) is 2.26. The minimum Gasteiger partial charge on any atom is -0.423 e. The van der Waals surface area contributed by atoms with Crippen LogP contribution in [0.1, 0.15) is 20.3 Å². The summed E-state index contributed by atoms with van der Waals surface area (Å²) in [6.45, 7) is 3.85. The van der Waals surface area contributed by atoms with Gasteiger partial charge in [0.1, 0.15) is 0 Å². The largest absolute Gasteiger partial charge is 0.423 e. The molecular formula is C6H9O2S. The molecule has 0 N–H and O–H groups in total. The maximum Gasteiger partial charge on any atom is 0.404 e. The van der Waals surface area contributed by atoms with Crippen LogP contribution in [-0.4, -0.2) is 5.30 Å². The molecule has 0 aromatic rings. The number of hydrogen-bond donors (Lipinski definition) is 0. The lowest BCUT2D eigenvalue weighted by molar-refractivity contribution is 0.213. The first-order chi connectivity index (χ1) is 4.16. The SMILES string of the molecule is CCC(C)=COC(=O)[S]. The van der Waals surface area contributed by atoms with Crippen molar-refractivity contribution in [3.63, 3.8) is 0 Å². The van der Waals surface area contributed by atoms with Crippen molar-refractivity contribution < 1.29 is 9.53 Å². The molecule has 0 aliphatic heterocycles. The summed E-state index contributed by atoms with van der Waals surface area (Å²) >= 11 is 4.14. The zero-order chi connectivity index (χ0) is 7.28. The fourth-order valence-corrected chi connectivity index (χ4v) is 0.280. The summed E-state index contributed by atoms with van der Waals surface area (Å²) in [7, 11) is 0. The van der Waals surface area contributed by atoms with E-state index in [0.717, 1.165) is 12.0 Å². The van der Waals surface area contributed by atoms with Gasteiger partial charge in [0.05, 0.1) is 6.26 Å². The molecule has 0 aliphatic rings. The van der Waals surface area contributed by atoms with Crippen LogP contribution in [0.2, 0.25) is 0 Å². The van der Waals surface area contributed by atoms with Gasteiger partial charge in [0.25, 0.3) is 0 Å². The van der Waals surface area contributed by atoms with Gasteiger partial charge >= 0.3 is 5.30 Å². The van der Waals surface area contributed by atoms with Crippen molar-refractivity contribution in [2.75, 3.05) is 0 Å². The molecule has 0 fully saturated rings. The molecule has 0 heterocycles. The second-order valence-electron chi connectivity index (χ2n) is 1.69.